The second kappa shape index (κ2) is 4.32. The van der Waals surface area contributed by atoms with E-state index in [0.29, 0.717) is 18.7 Å². The zero-order valence-electron chi connectivity index (χ0n) is 9.04. The zero-order valence-corrected chi connectivity index (χ0v) is 9.04. The minimum absolute atomic E-state index is 0.129. The van der Waals surface area contributed by atoms with E-state index < -0.39 is 5.97 Å². The molecule has 1 amide bonds. The molecule has 0 atom stereocenters. The molecule has 17 heavy (non-hydrogen) atoms. The van der Waals surface area contributed by atoms with E-state index in [9.17, 15) is 9.59 Å². The monoisotopic (exact) mass is 236 g/mol. The van der Waals surface area contributed by atoms with Gasteiger partial charge in [-0.05, 0) is 24.3 Å². The number of carboxylic acids is 1. The predicted molar refractivity (Wildman–Crippen MR) is 59.4 cm³/mol. The molecule has 2 N–H and O–H groups in total. The van der Waals surface area contributed by atoms with E-state index >= 15 is 0 Å². The van der Waals surface area contributed by atoms with E-state index in [4.69, 9.17) is 10.2 Å². The molecule has 1 fully saturated rings. The molecule has 0 spiro atoms. The van der Waals surface area contributed by atoms with Gasteiger partial charge in [-0.2, -0.15) is 0 Å². The van der Waals surface area contributed by atoms with Gasteiger partial charge in [0.05, 0.1) is 5.69 Å². The molecule has 6 heteroatoms. The van der Waals surface area contributed by atoms with Crippen LogP contribution >= 0.6 is 0 Å². The van der Waals surface area contributed by atoms with Gasteiger partial charge in [-0.1, -0.05) is 0 Å². The number of hydrazine groups is 1. The minimum atomic E-state index is -1.05. The first kappa shape index (κ1) is 11.3. The number of phenolic OH excluding ortho intramolecular Hbond substituents is 1. The molecule has 0 aliphatic carbocycles. The number of anilines is 1. The smallest absolute Gasteiger partial charge is 0.325 e. The molecule has 0 aromatic heterocycles. The first-order valence-electron chi connectivity index (χ1n) is 5.16. The van der Waals surface area contributed by atoms with Crippen molar-refractivity contribution in [2.45, 2.75) is 6.42 Å². The first-order chi connectivity index (χ1) is 8.08. The lowest BCUT2D eigenvalue weighted by atomic mass is 10.3. The van der Waals surface area contributed by atoms with E-state index in [0.717, 1.165) is 0 Å². The number of carbonyl (C=O) groups is 2. The highest BCUT2D eigenvalue weighted by Gasteiger charge is 2.30. The highest BCUT2D eigenvalue weighted by molar-refractivity contribution is 5.85. The number of amides is 1. The maximum absolute atomic E-state index is 11.5. The van der Waals surface area contributed by atoms with Gasteiger partial charge in [-0.15, -0.1) is 0 Å². The lowest BCUT2D eigenvalue weighted by Crippen LogP contribution is -2.42. The van der Waals surface area contributed by atoms with E-state index in [-0.39, 0.29) is 18.2 Å². The number of phenols is 1. The predicted octanol–water partition coefficient (Wildman–Crippen LogP) is 0.431. The number of aromatic hydroxyl groups is 1. The van der Waals surface area contributed by atoms with Crippen molar-refractivity contribution in [1.82, 2.24) is 5.01 Å². The van der Waals surface area contributed by atoms with Gasteiger partial charge in [0.15, 0.2) is 0 Å². The summed E-state index contributed by atoms with van der Waals surface area (Å²) in [7, 11) is 0. The van der Waals surface area contributed by atoms with Crippen LogP contribution in [-0.2, 0) is 9.59 Å². The normalized spacial score (nSPS) is 15.4. The Morgan fingerprint density at radius 1 is 1.29 bits per heavy atom. The van der Waals surface area contributed by atoms with Crippen molar-refractivity contribution in [2.75, 3.05) is 18.1 Å². The summed E-state index contributed by atoms with van der Waals surface area (Å²) in [5.41, 5.74) is 0.690. The quantitative estimate of drug-likeness (QED) is 0.795. The van der Waals surface area contributed by atoms with Crippen LogP contribution in [0.2, 0.25) is 0 Å². The molecule has 1 saturated heterocycles. The highest BCUT2D eigenvalue weighted by Crippen LogP contribution is 2.24. The number of benzene rings is 1. The molecule has 0 unspecified atom stereocenters. The van der Waals surface area contributed by atoms with Gasteiger partial charge in [-0.3, -0.25) is 14.6 Å². The van der Waals surface area contributed by atoms with Gasteiger partial charge in [0.1, 0.15) is 12.3 Å². The topological polar surface area (TPSA) is 81.1 Å². The molecule has 90 valence electrons. The Labute approximate surface area is 97.7 Å². The zero-order chi connectivity index (χ0) is 12.4. The van der Waals surface area contributed by atoms with E-state index in [1.165, 1.54) is 17.1 Å². The molecule has 0 radical (unpaired) electrons. The molecule has 1 aromatic rings. The van der Waals surface area contributed by atoms with Gasteiger partial charge in [0.25, 0.3) is 0 Å². The Balaban J connectivity index is 2.22. The Bertz CT molecular complexity index is 443. The molecule has 1 aliphatic rings. The van der Waals surface area contributed by atoms with Crippen LogP contribution in [0.1, 0.15) is 6.42 Å². The summed E-state index contributed by atoms with van der Waals surface area (Å²) < 4.78 is 0. The molecule has 0 bridgehead atoms. The summed E-state index contributed by atoms with van der Waals surface area (Å²) in [5.74, 6) is -1.13. The summed E-state index contributed by atoms with van der Waals surface area (Å²) in [4.78, 5) is 22.2. The Hall–Kier alpha value is -2.24. The second-order valence-electron chi connectivity index (χ2n) is 3.73. The van der Waals surface area contributed by atoms with Crippen molar-refractivity contribution in [1.29, 1.82) is 0 Å². The van der Waals surface area contributed by atoms with Crippen molar-refractivity contribution in [3.05, 3.63) is 24.3 Å². The van der Waals surface area contributed by atoms with E-state index in [1.54, 1.807) is 17.1 Å². The van der Waals surface area contributed by atoms with E-state index in [1.807, 2.05) is 0 Å². The largest absolute Gasteiger partial charge is 0.508 e. The summed E-state index contributed by atoms with van der Waals surface area (Å²) in [6.45, 7) is 0.108. The van der Waals surface area contributed by atoms with E-state index in [2.05, 4.69) is 0 Å². The molecular formula is C11H12N2O4. The van der Waals surface area contributed by atoms with Crippen molar-refractivity contribution in [2.24, 2.45) is 0 Å². The SMILES string of the molecule is O=C(O)CN1C(=O)CCN1c1ccc(O)cc1. The Kier molecular flexibility index (Phi) is 2.86. The van der Waals surface area contributed by atoms with Gasteiger partial charge in [0.2, 0.25) is 5.91 Å². The molecule has 2 rings (SSSR count). The molecular weight excluding hydrogens is 224 g/mol. The number of carbonyl (C=O) groups excluding carboxylic acids is 1. The number of hydrogen-bond acceptors (Lipinski definition) is 4. The molecule has 1 heterocycles. The lowest BCUT2D eigenvalue weighted by molar-refractivity contribution is -0.143. The van der Waals surface area contributed by atoms with Crippen molar-refractivity contribution in [3.63, 3.8) is 0 Å². The highest BCUT2D eigenvalue weighted by atomic mass is 16.4. The standard InChI is InChI=1S/C11H12N2O4/c14-9-3-1-8(2-4-9)12-6-5-10(15)13(12)7-11(16)17/h1-4,14H,5-7H2,(H,16,17). The third kappa shape index (κ3) is 2.30. The van der Waals surface area contributed by atoms with Crippen LogP contribution < -0.4 is 5.01 Å². The van der Waals surface area contributed by atoms with Crippen molar-refractivity contribution < 1.29 is 19.8 Å². The van der Waals surface area contributed by atoms with Crippen LogP contribution in [0.15, 0.2) is 24.3 Å². The fourth-order valence-corrected chi connectivity index (χ4v) is 1.78. The number of aliphatic carboxylic acids is 1. The third-order valence-electron chi connectivity index (χ3n) is 2.55. The molecule has 6 nitrogen and oxygen atoms in total. The Morgan fingerprint density at radius 3 is 2.53 bits per heavy atom. The maximum Gasteiger partial charge on any atom is 0.325 e. The number of rotatable bonds is 3. The second-order valence-corrected chi connectivity index (χ2v) is 3.73. The van der Waals surface area contributed by atoms with Crippen molar-refractivity contribution >= 4 is 17.6 Å². The molecule has 1 aliphatic heterocycles. The number of nitrogens with zero attached hydrogens (tertiary/aromatic N) is 2. The molecule has 0 saturated carbocycles. The summed E-state index contributed by atoms with van der Waals surface area (Å²) in [5, 5.41) is 20.7. The van der Waals surface area contributed by atoms with Crippen LogP contribution in [0.5, 0.6) is 5.75 Å². The van der Waals surface area contributed by atoms with Gasteiger partial charge < -0.3 is 10.2 Å². The number of hydrogen-bond donors (Lipinski definition) is 2. The summed E-state index contributed by atoms with van der Waals surface area (Å²) in [6, 6.07) is 6.28. The average Bonchev–Trinajstić information content (AvgIpc) is 2.61. The van der Waals surface area contributed by atoms with Gasteiger partial charge in [0, 0.05) is 13.0 Å². The van der Waals surface area contributed by atoms with Crippen LogP contribution in [-0.4, -0.2) is 40.2 Å². The average molecular weight is 236 g/mol. The fourth-order valence-electron chi connectivity index (χ4n) is 1.78. The van der Waals surface area contributed by atoms with Crippen LogP contribution in [0.25, 0.3) is 0 Å². The summed E-state index contributed by atoms with van der Waals surface area (Å²) in [6.07, 6.45) is 0.300. The number of carboxylic acid groups (broad SMARTS) is 1. The summed E-state index contributed by atoms with van der Waals surface area (Å²) >= 11 is 0. The van der Waals surface area contributed by atoms with Crippen LogP contribution in [0.4, 0.5) is 5.69 Å². The minimum Gasteiger partial charge on any atom is -0.508 e. The van der Waals surface area contributed by atoms with Gasteiger partial charge >= 0.3 is 5.97 Å². The lowest BCUT2D eigenvalue weighted by Gasteiger charge is -2.28. The van der Waals surface area contributed by atoms with Crippen LogP contribution in [0.3, 0.4) is 0 Å². The van der Waals surface area contributed by atoms with Gasteiger partial charge in [-0.25, -0.2) is 5.01 Å². The molecule has 1 aromatic carbocycles. The van der Waals surface area contributed by atoms with Crippen molar-refractivity contribution in [3.8, 4) is 5.75 Å². The van der Waals surface area contributed by atoms with Crippen LogP contribution in [0, 0.1) is 0 Å². The fraction of sp³-hybridized carbons (Fsp3) is 0.273. The Morgan fingerprint density at radius 2 is 1.94 bits per heavy atom. The third-order valence-corrected chi connectivity index (χ3v) is 2.55. The maximum atomic E-state index is 11.5. The first-order valence-corrected chi connectivity index (χ1v) is 5.16.